The highest BCUT2D eigenvalue weighted by molar-refractivity contribution is 7.92. The first-order chi connectivity index (χ1) is 20.5. The molecule has 0 heterocycles. The Bertz CT molecular complexity index is 1590. The predicted octanol–water partition coefficient (Wildman–Crippen LogP) is 6.84. The first-order valence-electron chi connectivity index (χ1n) is 13.4. The summed E-state index contributed by atoms with van der Waals surface area (Å²) in [6.07, 6.45) is -4.06. The SMILES string of the molecule is CC(C)CNC(=O)[C@H](Cc1ccccc1)N(Cc1ccc(Cl)cc1Cl)C(=O)CN(c1ccc(Cl)c(C(F)(F)F)c1)S(C)(=O)=O. The quantitative estimate of drug-likeness (QED) is 0.225. The molecule has 0 spiro atoms. The lowest BCUT2D eigenvalue weighted by Crippen LogP contribution is -2.53. The number of sulfonamides is 1. The van der Waals surface area contributed by atoms with Crippen molar-refractivity contribution in [2.24, 2.45) is 5.92 Å². The lowest BCUT2D eigenvalue weighted by Gasteiger charge is -2.34. The van der Waals surface area contributed by atoms with Gasteiger partial charge in [-0.25, -0.2) is 8.42 Å². The molecule has 0 fully saturated rings. The maximum Gasteiger partial charge on any atom is 0.417 e. The van der Waals surface area contributed by atoms with Gasteiger partial charge in [0.25, 0.3) is 0 Å². The molecule has 3 rings (SSSR count). The summed E-state index contributed by atoms with van der Waals surface area (Å²) >= 11 is 18.2. The number of alkyl halides is 3. The van der Waals surface area contributed by atoms with Crippen LogP contribution in [0.2, 0.25) is 15.1 Å². The van der Waals surface area contributed by atoms with E-state index < -0.39 is 56.9 Å². The molecule has 3 aromatic rings. The highest BCUT2D eigenvalue weighted by Gasteiger charge is 2.36. The second-order valence-electron chi connectivity index (χ2n) is 10.5. The van der Waals surface area contributed by atoms with Crippen LogP contribution in [0.4, 0.5) is 18.9 Å². The van der Waals surface area contributed by atoms with E-state index in [0.717, 1.165) is 18.4 Å². The number of nitrogens with one attached hydrogen (secondary N) is 1. The second kappa shape index (κ2) is 14.9. The van der Waals surface area contributed by atoms with Gasteiger partial charge in [-0.15, -0.1) is 0 Å². The molecule has 14 heteroatoms. The van der Waals surface area contributed by atoms with Crippen molar-refractivity contribution in [2.45, 2.75) is 39.0 Å². The molecule has 2 amide bonds. The molecule has 0 saturated carbocycles. The third-order valence-corrected chi connectivity index (χ3v) is 8.59. The minimum absolute atomic E-state index is 0.0553. The van der Waals surface area contributed by atoms with Crippen molar-refractivity contribution in [3.63, 3.8) is 0 Å². The molecule has 3 aromatic carbocycles. The third-order valence-electron chi connectivity index (χ3n) is 6.53. The summed E-state index contributed by atoms with van der Waals surface area (Å²) in [6.45, 7) is 2.95. The van der Waals surface area contributed by atoms with Crippen LogP contribution >= 0.6 is 34.8 Å². The maximum absolute atomic E-state index is 14.1. The predicted molar refractivity (Wildman–Crippen MR) is 167 cm³/mol. The van der Waals surface area contributed by atoms with E-state index in [-0.39, 0.29) is 23.9 Å². The van der Waals surface area contributed by atoms with Gasteiger partial charge in [0.1, 0.15) is 12.6 Å². The van der Waals surface area contributed by atoms with Crippen LogP contribution in [-0.4, -0.2) is 50.5 Å². The smallest absolute Gasteiger partial charge is 0.354 e. The topological polar surface area (TPSA) is 86.8 Å². The molecule has 0 aromatic heterocycles. The van der Waals surface area contributed by atoms with Crippen molar-refractivity contribution in [2.75, 3.05) is 23.7 Å². The number of nitrogens with zero attached hydrogens (tertiary/aromatic N) is 2. The van der Waals surface area contributed by atoms with Crippen LogP contribution in [-0.2, 0) is 38.8 Å². The fourth-order valence-electron chi connectivity index (χ4n) is 4.31. The molecule has 0 aliphatic heterocycles. The Balaban J connectivity index is 2.12. The summed E-state index contributed by atoms with van der Waals surface area (Å²) in [5.41, 5.74) is -0.566. The van der Waals surface area contributed by atoms with E-state index in [1.807, 2.05) is 13.8 Å². The highest BCUT2D eigenvalue weighted by atomic mass is 35.5. The Kier molecular flexibility index (Phi) is 12.0. The van der Waals surface area contributed by atoms with E-state index in [1.165, 1.54) is 11.0 Å². The number of hydrogen-bond acceptors (Lipinski definition) is 4. The highest BCUT2D eigenvalue weighted by Crippen LogP contribution is 2.37. The zero-order chi connectivity index (χ0) is 32.8. The molecule has 44 heavy (non-hydrogen) atoms. The van der Waals surface area contributed by atoms with Gasteiger partial charge >= 0.3 is 6.18 Å². The lowest BCUT2D eigenvalue weighted by atomic mass is 10.0. The number of carbonyl (C=O) groups is 2. The summed E-state index contributed by atoms with van der Waals surface area (Å²) in [7, 11) is -4.30. The third kappa shape index (κ3) is 9.76. The van der Waals surface area contributed by atoms with E-state index in [4.69, 9.17) is 34.8 Å². The average Bonchev–Trinajstić information content (AvgIpc) is 2.93. The Morgan fingerprint density at radius 2 is 1.59 bits per heavy atom. The summed E-state index contributed by atoms with van der Waals surface area (Å²) in [5.74, 6) is -1.28. The first-order valence-corrected chi connectivity index (χ1v) is 16.3. The number of hydrogen-bond donors (Lipinski definition) is 1. The number of amides is 2. The zero-order valence-corrected chi connectivity index (χ0v) is 27.1. The van der Waals surface area contributed by atoms with E-state index in [2.05, 4.69) is 5.32 Å². The minimum atomic E-state index is -4.88. The number of benzene rings is 3. The molecule has 0 saturated heterocycles. The maximum atomic E-state index is 14.1. The van der Waals surface area contributed by atoms with Crippen LogP contribution in [0.1, 0.15) is 30.5 Å². The second-order valence-corrected chi connectivity index (χ2v) is 13.7. The summed E-state index contributed by atoms with van der Waals surface area (Å²) in [5, 5.41) is 2.73. The van der Waals surface area contributed by atoms with Crippen LogP contribution in [0.25, 0.3) is 0 Å². The van der Waals surface area contributed by atoms with Gasteiger partial charge < -0.3 is 10.2 Å². The van der Waals surface area contributed by atoms with Gasteiger partial charge in [-0.2, -0.15) is 13.2 Å². The first kappa shape index (κ1) is 35.5. The van der Waals surface area contributed by atoms with Gasteiger partial charge in [-0.3, -0.25) is 13.9 Å². The average molecular weight is 693 g/mol. The van der Waals surface area contributed by atoms with Crippen molar-refractivity contribution in [3.05, 3.63) is 98.5 Å². The Labute approximate surface area is 269 Å². The van der Waals surface area contributed by atoms with Gasteiger partial charge in [0.05, 0.1) is 22.5 Å². The van der Waals surface area contributed by atoms with E-state index in [0.29, 0.717) is 33.1 Å². The molecule has 0 radical (unpaired) electrons. The molecule has 1 atom stereocenters. The standard InChI is InChI=1S/C30H31Cl3F3N3O4S/c1-19(2)16-37-29(41)27(13-20-7-5-4-6-8-20)38(17-21-9-10-22(31)14-26(21)33)28(40)18-39(44(3,42)43)23-11-12-25(32)24(15-23)30(34,35)36/h4-12,14-15,19,27H,13,16-18H2,1-3H3,(H,37,41)/t27-/m0/s1. The number of carbonyl (C=O) groups excluding carboxylic acids is 2. The fourth-order valence-corrected chi connectivity index (χ4v) is 5.84. The van der Waals surface area contributed by atoms with Crippen molar-refractivity contribution in [3.8, 4) is 0 Å². The van der Waals surface area contributed by atoms with Crippen molar-refractivity contribution in [1.82, 2.24) is 10.2 Å². The molecule has 1 N–H and O–H groups in total. The van der Waals surface area contributed by atoms with Crippen LogP contribution in [0.5, 0.6) is 0 Å². The van der Waals surface area contributed by atoms with Gasteiger partial charge in [0.15, 0.2) is 0 Å². The molecule has 0 aliphatic carbocycles. The van der Waals surface area contributed by atoms with Crippen molar-refractivity contribution in [1.29, 1.82) is 0 Å². The number of anilines is 1. The van der Waals surface area contributed by atoms with Crippen LogP contribution in [0.3, 0.4) is 0 Å². The minimum Gasteiger partial charge on any atom is -0.354 e. The van der Waals surface area contributed by atoms with Crippen LogP contribution in [0, 0.1) is 5.92 Å². The molecule has 238 valence electrons. The van der Waals surface area contributed by atoms with Gasteiger partial charge in [0.2, 0.25) is 21.8 Å². The van der Waals surface area contributed by atoms with Crippen LogP contribution in [0.15, 0.2) is 66.7 Å². The number of rotatable bonds is 12. The molecule has 7 nitrogen and oxygen atoms in total. The van der Waals surface area contributed by atoms with Crippen LogP contribution < -0.4 is 9.62 Å². The summed E-state index contributed by atoms with van der Waals surface area (Å²) in [4.78, 5) is 28.9. The Morgan fingerprint density at radius 3 is 2.16 bits per heavy atom. The van der Waals surface area contributed by atoms with E-state index >= 15 is 0 Å². The lowest BCUT2D eigenvalue weighted by molar-refractivity contribution is -0.140. The zero-order valence-electron chi connectivity index (χ0n) is 24.0. The van der Waals surface area contributed by atoms with Crippen molar-refractivity contribution >= 4 is 62.3 Å². The van der Waals surface area contributed by atoms with E-state index in [9.17, 15) is 31.2 Å². The Hall–Kier alpha value is -2.99. The Morgan fingerprint density at radius 1 is 0.932 bits per heavy atom. The fraction of sp³-hybridized carbons (Fsp3) is 0.333. The molecule has 0 aliphatic rings. The van der Waals surface area contributed by atoms with Crippen molar-refractivity contribution < 1.29 is 31.2 Å². The van der Waals surface area contributed by atoms with Gasteiger partial charge in [-0.1, -0.05) is 85.0 Å². The molecular formula is C30H31Cl3F3N3O4S. The monoisotopic (exact) mass is 691 g/mol. The molecule has 0 bridgehead atoms. The molecule has 0 unspecified atom stereocenters. The summed E-state index contributed by atoms with van der Waals surface area (Å²) < 4.78 is 67.2. The normalized spacial score (nSPS) is 12.6. The largest absolute Gasteiger partial charge is 0.417 e. The summed E-state index contributed by atoms with van der Waals surface area (Å²) in [6, 6.07) is 14.8. The van der Waals surface area contributed by atoms with Gasteiger partial charge in [-0.05, 0) is 47.4 Å². The molecular weight excluding hydrogens is 662 g/mol. The number of halogens is 6. The van der Waals surface area contributed by atoms with E-state index in [1.54, 1.807) is 42.5 Å². The van der Waals surface area contributed by atoms with Gasteiger partial charge in [0, 0.05) is 29.6 Å².